The minimum Gasteiger partial charge on any atom is -0.451 e. The Morgan fingerprint density at radius 2 is 1.78 bits per heavy atom. The monoisotopic (exact) mass is 392 g/mol. The highest BCUT2D eigenvalue weighted by Crippen LogP contribution is 2.21. The molecule has 0 atom stereocenters. The molecule has 2 N–H and O–H groups in total. The number of carbonyl (C=O) groups excluding carboxylic acids is 3. The van der Waals surface area contributed by atoms with Gasteiger partial charge in [-0.25, -0.2) is 13.2 Å². The van der Waals surface area contributed by atoms with Gasteiger partial charge in [0.05, 0.1) is 10.6 Å². The molecule has 0 saturated carbocycles. The van der Waals surface area contributed by atoms with Crippen molar-refractivity contribution >= 4 is 33.2 Å². The lowest BCUT2D eigenvalue weighted by Gasteiger charge is -2.10. The Hall–Kier alpha value is -2.94. The van der Waals surface area contributed by atoms with Gasteiger partial charge in [0.15, 0.2) is 22.2 Å². The number of sulfone groups is 1. The topological polar surface area (TPSA) is 122 Å². The van der Waals surface area contributed by atoms with Crippen LogP contribution in [0.5, 0.6) is 0 Å². The summed E-state index contributed by atoms with van der Waals surface area (Å²) in [6, 6.07) is 5.92. The highest BCUT2D eigenvalue weighted by Gasteiger charge is 2.22. The molecule has 8 nitrogen and oxygen atoms in total. The second kappa shape index (κ2) is 7.75. The average molecular weight is 392 g/mol. The van der Waals surface area contributed by atoms with Gasteiger partial charge in [-0.1, -0.05) is 12.1 Å². The van der Waals surface area contributed by atoms with E-state index in [2.05, 4.69) is 10.3 Å². The minimum absolute atomic E-state index is 0.0355. The van der Waals surface area contributed by atoms with Crippen LogP contribution in [0.4, 0.5) is 5.69 Å². The fraction of sp³-hybridized carbons (Fsp3) is 0.278. The number of rotatable bonds is 6. The first-order valence-corrected chi connectivity index (χ1v) is 9.87. The van der Waals surface area contributed by atoms with E-state index in [1.165, 1.54) is 25.1 Å². The Morgan fingerprint density at radius 1 is 1.15 bits per heavy atom. The largest absolute Gasteiger partial charge is 0.451 e. The van der Waals surface area contributed by atoms with E-state index in [4.69, 9.17) is 4.74 Å². The molecule has 1 amide bonds. The molecule has 0 aliphatic rings. The van der Waals surface area contributed by atoms with Gasteiger partial charge in [0.25, 0.3) is 5.91 Å². The van der Waals surface area contributed by atoms with E-state index in [1.54, 1.807) is 19.9 Å². The lowest BCUT2D eigenvalue weighted by Crippen LogP contribution is -2.22. The second-order valence-electron chi connectivity index (χ2n) is 6.07. The second-order valence-corrected chi connectivity index (χ2v) is 8.06. The standard InChI is InChI=1S/C18H20N2O6S/c1-10-16(12(3)21)11(2)19-17(10)18(23)26-9-15(22)20-13-7-5-6-8-14(13)27(4,24)25/h5-8,19H,9H2,1-4H3,(H,20,22). The Kier molecular flexibility index (Phi) is 5.85. The third-order valence-electron chi connectivity index (χ3n) is 3.89. The van der Waals surface area contributed by atoms with Crippen LogP contribution in [0.3, 0.4) is 0 Å². The molecule has 0 aliphatic carbocycles. The molecule has 2 rings (SSSR count). The van der Waals surface area contributed by atoms with Crippen LogP contribution in [0.25, 0.3) is 0 Å². The fourth-order valence-corrected chi connectivity index (χ4v) is 3.61. The molecule has 1 aromatic carbocycles. The molecule has 0 spiro atoms. The molecule has 0 fully saturated rings. The third kappa shape index (κ3) is 4.62. The number of benzene rings is 1. The molecule has 1 heterocycles. The maximum Gasteiger partial charge on any atom is 0.355 e. The molecule has 144 valence electrons. The summed E-state index contributed by atoms with van der Waals surface area (Å²) in [6.07, 6.45) is 1.03. The molecular weight excluding hydrogens is 372 g/mol. The van der Waals surface area contributed by atoms with Crippen LogP contribution in [0.1, 0.15) is 39.0 Å². The predicted molar refractivity (Wildman–Crippen MR) is 98.7 cm³/mol. The Balaban J connectivity index is 2.08. The zero-order chi connectivity index (χ0) is 20.4. The molecule has 27 heavy (non-hydrogen) atoms. The number of amides is 1. The molecule has 0 aliphatic heterocycles. The van der Waals surface area contributed by atoms with Crippen molar-refractivity contribution in [2.24, 2.45) is 0 Å². The number of para-hydroxylation sites is 1. The van der Waals surface area contributed by atoms with Crippen molar-refractivity contribution in [2.75, 3.05) is 18.2 Å². The average Bonchev–Trinajstić information content (AvgIpc) is 2.87. The highest BCUT2D eigenvalue weighted by molar-refractivity contribution is 7.90. The zero-order valence-corrected chi connectivity index (χ0v) is 16.2. The smallest absolute Gasteiger partial charge is 0.355 e. The molecule has 0 radical (unpaired) electrons. The van der Waals surface area contributed by atoms with Crippen molar-refractivity contribution in [3.8, 4) is 0 Å². The Labute approximate surface area is 156 Å². The van der Waals surface area contributed by atoms with E-state index >= 15 is 0 Å². The van der Waals surface area contributed by atoms with E-state index in [9.17, 15) is 22.8 Å². The number of ketones is 1. The number of hydrogen-bond donors (Lipinski definition) is 2. The number of Topliss-reactive ketones (excluding diaryl/α,β-unsaturated/α-hetero) is 1. The summed E-state index contributed by atoms with van der Waals surface area (Å²) in [5.41, 5.74) is 1.61. The summed E-state index contributed by atoms with van der Waals surface area (Å²) in [5, 5.41) is 2.41. The number of H-pyrrole nitrogens is 1. The van der Waals surface area contributed by atoms with Crippen molar-refractivity contribution in [3.05, 3.63) is 46.8 Å². The maximum atomic E-state index is 12.2. The first-order valence-electron chi connectivity index (χ1n) is 7.98. The van der Waals surface area contributed by atoms with Crippen LogP contribution < -0.4 is 5.32 Å². The summed E-state index contributed by atoms with van der Waals surface area (Å²) in [5.74, 6) is -1.66. The van der Waals surface area contributed by atoms with Crippen LogP contribution in [-0.2, 0) is 19.4 Å². The molecule has 0 saturated heterocycles. The van der Waals surface area contributed by atoms with Gasteiger partial charge in [-0.2, -0.15) is 0 Å². The van der Waals surface area contributed by atoms with Crippen LogP contribution in [0, 0.1) is 13.8 Å². The molecule has 0 bridgehead atoms. The zero-order valence-electron chi connectivity index (χ0n) is 15.4. The molecule has 2 aromatic rings. The van der Waals surface area contributed by atoms with Crippen molar-refractivity contribution in [1.29, 1.82) is 0 Å². The number of aryl methyl sites for hydroxylation is 1. The first kappa shape index (κ1) is 20.4. The van der Waals surface area contributed by atoms with Crippen LogP contribution in [0.2, 0.25) is 0 Å². The lowest BCUT2D eigenvalue weighted by molar-refractivity contribution is -0.119. The number of aromatic nitrogens is 1. The molecule has 1 aromatic heterocycles. The summed E-state index contributed by atoms with van der Waals surface area (Å²) in [4.78, 5) is 38.6. The predicted octanol–water partition coefficient (Wildman–Crippen LogP) is 2.03. The van der Waals surface area contributed by atoms with Crippen molar-refractivity contribution < 1.29 is 27.5 Å². The van der Waals surface area contributed by atoms with Gasteiger partial charge in [-0.3, -0.25) is 9.59 Å². The number of esters is 1. The van der Waals surface area contributed by atoms with Crippen molar-refractivity contribution in [2.45, 2.75) is 25.7 Å². The molecule has 9 heteroatoms. The van der Waals surface area contributed by atoms with E-state index < -0.39 is 28.3 Å². The van der Waals surface area contributed by atoms with E-state index in [1.807, 2.05) is 0 Å². The van der Waals surface area contributed by atoms with Gasteiger partial charge in [-0.05, 0) is 38.5 Å². The quantitative estimate of drug-likeness (QED) is 0.573. The van der Waals surface area contributed by atoms with E-state index in [0.29, 0.717) is 16.8 Å². The van der Waals surface area contributed by atoms with Gasteiger partial charge in [0.2, 0.25) is 0 Å². The van der Waals surface area contributed by atoms with Gasteiger partial charge in [0, 0.05) is 17.5 Å². The molecule has 0 unspecified atom stereocenters. The highest BCUT2D eigenvalue weighted by atomic mass is 32.2. The number of nitrogens with one attached hydrogen (secondary N) is 2. The number of anilines is 1. The normalized spacial score (nSPS) is 11.1. The van der Waals surface area contributed by atoms with Crippen LogP contribution in [0.15, 0.2) is 29.2 Å². The summed E-state index contributed by atoms with van der Waals surface area (Å²) >= 11 is 0. The van der Waals surface area contributed by atoms with Crippen LogP contribution in [-0.4, -0.2) is 43.9 Å². The fourth-order valence-electron chi connectivity index (χ4n) is 2.77. The van der Waals surface area contributed by atoms with Crippen molar-refractivity contribution in [1.82, 2.24) is 4.98 Å². The van der Waals surface area contributed by atoms with Crippen LogP contribution >= 0.6 is 0 Å². The van der Waals surface area contributed by atoms with E-state index in [0.717, 1.165) is 6.26 Å². The Morgan fingerprint density at radius 3 is 2.33 bits per heavy atom. The van der Waals surface area contributed by atoms with Gasteiger partial charge < -0.3 is 15.0 Å². The summed E-state index contributed by atoms with van der Waals surface area (Å²) < 4.78 is 28.5. The van der Waals surface area contributed by atoms with Gasteiger partial charge in [0.1, 0.15) is 5.69 Å². The summed E-state index contributed by atoms with van der Waals surface area (Å²) in [7, 11) is -3.53. The minimum atomic E-state index is -3.53. The maximum absolute atomic E-state index is 12.2. The van der Waals surface area contributed by atoms with Crippen molar-refractivity contribution in [3.63, 3.8) is 0 Å². The number of ether oxygens (including phenoxy) is 1. The van der Waals surface area contributed by atoms with Gasteiger partial charge >= 0.3 is 5.97 Å². The first-order chi connectivity index (χ1) is 12.5. The Bertz CT molecular complexity index is 1020. The molecular formula is C18H20N2O6S. The lowest BCUT2D eigenvalue weighted by atomic mass is 10.1. The third-order valence-corrected chi connectivity index (χ3v) is 5.04. The SMILES string of the molecule is CC(=O)c1c(C)[nH]c(C(=O)OCC(=O)Nc2ccccc2S(C)(=O)=O)c1C. The van der Waals surface area contributed by atoms with E-state index in [-0.39, 0.29) is 22.1 Å². The summed E-state index contributed by atoms with van der Waals surface area (Å²) in [6.45, 7) is 4.06. The number of carbonyl (C=O) groups is 3. The number of hydrogen-bond acceptors (Lipinski definition) is 6. The number of aromatic amines is 1. The van der Waals surface area contributed by atoms with Gasteiger partial charge in [-0.15, -0.1) is 0 Å².